The first-order valence-corrected chi connectivity index (χ1v) is 7.35. The van der Waals surface area contributed by atoms with Gasteiger partial charge in [0.25, 0.3) is 5.91 Å². The molecule has 1 aromatic rings. The number of benzene rings is 1. The highest BCUT2D eigenvalue weighted by molar-refractivity contribution is 6.27. The average Bonchev–Trinajstić information content (AvgIpc) is 2.52. The molecule has 1 fully saturated rings. The molecule has 1 aromatic carbocycles. The monoisotopic (exact) mass is 328 g/mol. The fourth-order valence-electron chi connectivity index (χ4n) is 2.40. The Bertz CT molecular complexity index is 562. The van der Waals surface area contributed by atoms with Gasteiger partial charge in [-0.05, 0) is 25.0 Å². The van der Waals surface area contributed by atoms with E-state index in [1.54, 1.807) is 4.90 Å². The zero-order valence-electron chi connectivity index (χ0n) is 11.8. The standard InChI is InChI=1S/C14H17ClN2O5/c15-7-12(20)16-9-1-3-17(4-2-9)14(22)8-5-10(18)13(21)11(19)6-8/h5-6,9,18-19,21H,1-4,7H2,(H,16,20). The summed E-state index contributed by atoms with van der Waals surface area (Å²) in [5, 5.41) is 31.0. The lowest BCUT2D eigenvalue weighted by molar-refractivity contribution is -0.119. The molecule has 4 N–H and O–H groups in total. The first kappa shape index (κ1) is 16.2. The van der Waals surface area contributed by atoms with Gasteiger partial charge in [-0.15, -0.1) is 11.6 Å². The molecule has 0 saturated carbocycles. The highest BCUT2D eigenvalue weighted by atomic mass is 35.5. The molecule has 0 unspecified atom stereocenters. The Hall–Kier alpha value is -2.15. The topological polar surface area (TPSA) is 110 Å². The van der Waals surface area contributed by atoms with Crippen LogP contribution in [0.25, 0.3) is 0 Å². The number of piperidine rings is 1. The number of phenols is 3. The van der Waals surface area contributed by atoms with Crippen LogP contribution in [0.15, 0.2) is 12.1 Å². The molecule has 8 heteroatoms. The summed E-state index contributed by atoms with van der Waals surface area (Å²) in [4.78, 5) is 25.1. The summed E-state index contributed by atoms with van der Waals surface area (Å²) < 4.78 is 0. The van der Waals surface area contributed by atoms with Crippen LogP contribution in [0, 0.1) is 0 Å². The number of nitrogens with zero attached hydrogens (tertiary/aromatic N) is 1. The van der Waals surface area contributed by atoms with Crippen LogP contribution in [-0.4, -0.2) is 57.0 Å². The van der Waals surface area contributed by atoms with Crippen LogP contribution in [0.2, 0.25) is 0 Å². The highest BCUT2D eigenvalue weighted by Gasteiger charge is 2.25. The quantitative estimate of drug-likeness (QED) is 0.484. The summed E-state index contributed by atoms with van der Waals surface area (Å²) in [5.41, 5.74) is 0.0936. The lowest BCUT2D eigenvalue weighted by Crippen LogP contribution is -2.46. The van der Waals surface area contributed by atoms with Crippen LogP contribution in [0.1, 0.15) is 23.2 Å². The predicted molar refractivity (Wildman–Crippen MR) is 79.2 cm³/mol. The maximum atomic E-state index is 12.3. The second-order valence-electron chi connectivity index (χ2n) is 5.13. The van der Waals surface area contributed by atoms with Gasteiger partial charge in [0.15, 0.2) is 17.2 Å². The third-order valence-electron chi connectivity index (χ3n) is 3.59. The third kappa shape index (κ3) is 3.54. The van der Waals surface area contributed by atoms with E-state index >= 15 is 0 Å². The molecular weight excluding hydrogens is 312 g/mol. The van der Waals surface area contributed by atoms with E-state index in [9.17, 15) is 24.9 Å². The minimum atomic E-state index is -0.654. The van der Waals surface area contributed by atoms with E-state index in [2.05, 4.69) is 5.32 Å². The molecule has 1 heterocycles. The number of halogens is 1. The summed E-state index contributed by atoms with van der Waals surface area (Å²) in [5.74, 6) is -2.43. The van der Waals surface area contributed by atoms with Gasteiger partial charge in [-0.1, -0.05) is 0 Å². The number of aromatic hydroxyl groups is 3. The fourth-order valence-corrected chi connectivity index (χ4v) is 2.48. The average molecular weight is 329 g/mol. The lowest BCUT2D eigenvalue weighted by Gasteiger charge is -2.32. The Kier molecular flexibility index (Phi) is 4.97. The van der Waals surface area contributed by atoms with Crippen LogP contribution < -0.4 is 5.32 Å². The number of likely N-dealkylation sites (tertiary alicyclic amines) is 1. The van der Waals surface area contributed by atoms with E-state index < -0.39 is 17.2 Å². The molecular formula is C14H17ClN2O5. The van der Waals surface area contributed by atoms with Crippen LogP contribution >= 0.6 is 11.6 Å². The molecule has 0 bridgehead atoms. The van der Waals surface area contributed by atoms with E-state index in [0.717, 1.165) is 12.1 Å². The van der Waals surface area contributed by atoms with Gasteiger partial charge >= 0.3 is 0 Å². The zero-order chi connectivity index (χ0) is 16.3. The largest absolute Gasteiger partial charge is 0.504 e. The number of carbonyl (C=O) groups excluding carboxylic acids is 2. The summed E-state index contributed by atoms with van der Waals surface area (Å²) in [6.07, 6.45) is 1.20. The van der Waals surface area contributed by atoms with Crippen LogP contribution in [0.3, 0.4) is 0 Å². The number of carbonyl (C=O) groups is 2. The number of amides is 2. The van der Waals surface area contributed by atoms with Crippen molar-refractivity contribution in [1.29, 1.82) is 0 Å². The molecule has 2 rings (SSSR count). The van der Waals surface area contributed by atoms with E-state index in [-0.39, 0.29) is 29.3 Å². The van der Waals surface area contributed by atoms with Crippen molar-refractivity contribution in [3.63, 3.8) is 0 Å². The smallest absolute Gasteiger partial charge is 0.254 e. The van der Waals surface area contributed by atoms with Gasteiger partial charge in [0.05, 0.1) is 0 Å². The number of nitrogens with one attached hydrogen (secondary N) is 1. The third-order valence-corrected chi connectivity index (χ3v) is 3.83. The van der Waals surface area contributed by atoms with Crippen molar-refractivity contribution >= 4 is 23.4 Å². The first-order valence-electron chi connectivity index (χ1n) is 6.82. The molecule has 0 aliphatic carbocycles. The van der Waals surface area contributed by atoms with Crippen molar-refractivity contribution in [1.82, 2.24) is 10.2 Å². The molecule has 1 aliphatic heterocycles. The Labute approximate surface area is 132 Å². The van der Waals surface area contributed by atoms with Crippen molar-refractivity contribution in [2.75, 3.05) is 19.0 Å². The maximum absolute atomic E-state index is 12.3. The maximum Gasteiger partial charge on any atom is 0.254 e. The molecule has 1 aliphatic rings. The Balaban J connectivity index is 1.99. The minimum absolute atomic E-state index is 0.0167. The van der Waals surface area contributed by atoms with Gasteiger partial charge in [0.2, 0.25) is 5.91 Å². The Morgan fingerprint density at radius 3 is 2.23 bits per heavy atom. The van der Waals surface area contributed by atoms with E-state index in [1.165, 1.54) is 0 Å². The second-order valence-corrected chi connectivity index (χ2v) is 5.40. The van der Waals surface area contributed by atoms with Crippen molar-refractivity contribution < 1.29 is 24.9 Å². The van der Waals surface area contributed by atoms with Gasteiger partial charge in [-0.2, -0.15) is 0 Å². The molecule has 2 amide bonds. The summed E-state index contributed by atoms with van der Waals surface area (Å²) in [7, 11) is 0. The van der Waals surface area contributed by atoms with Crippen molar-refractivity contribution in [3.8, 4) is 17.2 Å². The number of hydrogen-bond donors (Lipinski definition) is 4. The minimum Gasteiger partial charge on any atom is -0.504 e. The van der Waals surface area contributed by atoms with Crippen LogP contribution in [-0.2, 0) is 4.79 Å². The number of hydrogen-bond acceptors (Lipinski definition) is 5. The normalized spacial score (nSPS) is 15.6. The zero-order valence-corrected chi connectivity index (χ0v) is 12.5. The predicted octanol–water partition coefficient (Wildman–Crippen LogP) is 0.763. The molecule has 0 radical (unpaired) electrons. The van der Waals surface area contributed by atoms with Crippen molar-refractivity contribution in [2.24, 2.45) is 0 Å². The molecule has 0 aromatic heterocycles. The first-order chi connectivity index (χ1) is 10.4. The fraction of sp³-hybridized carbons (Fsp3) is 0.429. The van der Waals surface area contributed by atoms with Crippen molar-refractivity contribution in [2.45, 2.75) is 18.9 Å². The van der Waals surface area contributed by atoms with Crippen LogP contribution in [0.4, 0.5) is 0 Å². The van der Waals surface area contributed by atoms with E-state index in [1.807, 2.05) is 0 Å². The summed E-state index contributed by atoms with van der Waals surface area (Å²) in [6, 6.07) is 2.20. The van der Waals surface area contributed by atoms with Gasteiger partial charge in [0, 0.05) is 24.7 Å². The molecule has 0 spiro atoms. The lowest BCUT2D eigenvalue weighted by atomic mass is 10.0. The Morgan fingerprint density at radius 2 is 1.73 bits per heavy atom. The summed E-state index contributed by atoms with van der Waals surface area (Å²) >= 11 is 5.43. The highest BCUT2D eigenvalue weighted by Crippen LogP contribution is 2.35. The summed E-state index contributed by atoms with van der Waals surface area (Å²) in [6.45, 7) is 0.878. The van der Waals surface area contributed by atoms with Gasteiger partial charge < -0.3 is 25.5 Å². The Morgan fingerprint density at radius 1 is 1.18 bits per heavy atom. The number of phenolic OH excluding ortho intramolecular Hbond substituents is 3. The van der Waals surface area contributed by atoms with E-state index in [4.69, 9.17) is 11.6 Å². The number of alkyl halides is 1. The van der Waals surface area contributed by atoms with Gasteiger partial charge in [-0.25, -0.2) is 0 Å². The molecule has 7 nitrogen and oxygen atoms in total. The molecule has 22 heavy (non-hydrogen) atoms. The number of rotatable bonds is 3. The van der Waals surface area contributed by atoms with Crippen molar-refractivity contribution in [3.05, 3.63) is 17.7 Å². The SMILES string of the molecule is O=C(CCl)NC1CCN(C(=O)c2cc(O)c(O)c(O)c2)CC1. The van der Waals surface area contributed by atoms with Gasteiger partial charge in [0.1, 0.15) is 5.88 Å². The van der Waals surface area contributed by atoms with Crippen LogP contribution in [0.5, 0.6) is 17.2 Å². The molecule has 1 saturated heterocycles. The molecule has 120 valence electrons. The second kappa shape index (κ2) is 6.74. The molecule has 0 atom stereocenters. The van der Waals surface area contributed by atoms with E-state index in [0.29, 0.717) is 25.9 Å². The van der Waals surface area contributed by atoms with Gasteiger partial charge in [-0.3, -0.25) is 9.59 Å².